The van der Waals surface area contributed by atoms with E-state index < -0.39 is 6.04 Å². The summed E-state index contributed by atoms with van der Waals surface area (Å²) in [6.45, 7) is 2.58. The van der Waals surface area contributed by atoms with E-state index in [1.54, 1.807) is 14.0 Å². The number of hydrogen-bond donors (Lipinski definition) is 0. The summed E-state index contributed by atoms with van der Waals surface area (Å²) in [6.07, 6.45) is 1.40. The first kappa shape index (κ1) is 15.2. The van der Waals surface area contributed by atoms with Crippen LogP contribution in [0.2, 0.25) is 10.2 Å². The van der Waals surface area contributed by atoms with E-state index in [0.717, 1.165) is 6.42 Å². The Bertz CT molecular complexity index is 542. The van der Waals surface area contributed by atoms with Crippen LogP contribution in [0.25, 0.3) is 0 Å². The molecule has 7 heteroatoms. The molecule has 0 bridgehead atoms. The van der Waals surface area contributed by atoms with Crippen LogP contribution in [-0.4, -0.2) is 40.5 Å². The molecule has 0 radical (unpaired) electrons. The smallest absolute Gasteiger partial charge is 0.328 e. The van der Waals surface area contributed by atoms with E-state index >= 15 is 0 Å². The van der Waals surface area contributed by atoms with Crippen molar-refractivity contribution in [1.82, 2.24) is 9.47 Å². The van der Waals surface area contributed by atoms with E-state index in [0.29, 0.717) is 35.4 Å². The van der Waals surface area contributed by atoms with Gasteiger partial charge in [-0.1, -0.05) is 23.2 Å². The van der Waals surface area contributed by atoms with Crippen LogP contribution in [0.5, 0.6) is 0 Å². The third kappa shape index (κ3) is 2.65. The highest BCUT2D eigenvalue weighted by molar-refractivity contribution is 6.41. The van der Waals surface area contributed by atoms with Gasteiger partial charge in [0.15, 0.2) is 0 Å². The number of carbonyl (C=O) groups excluding carboxylic acids is 2. The normalized spacial score (nSPS) is 18.4. The average molecular weight is 319 g/mol. The van der Waals surface area contributed by atoms with Gasteiger partial charge in [-0.15, -0.1) is 0 Å². The number of likely N-dealkylation sites (tertiary alicyclic amines) is 1. The van der Waals surface area contributed by atoms with E-state index in [4.69, 9.17) is 27.9 Å². The average Bonchev–Trinajstić information content (AvgIpc) is 2.99. The topological polar surface area (TPSA) is 51.5 Å². The minimum Gasteiger partial charge on any atom is -0.464 e. The molecule has 1 aliphatic rings. The molecule has 2 heterocycles. The number of esters is 1. The van der Waals surface area contributed by atoms with Gasteiger partial charge in [-0.2, -0.15) is 0 Å². The van der Waals surface area contributed by atoms with Gasteiger partial charge in [-0.3, -0.25) is 4.79 Å². The first-order valence-corrected chi connectivity index (χ1v) is 7.21. The van der Waals surface area contributed by atoms with Crippen molar-refractivity contribution in [1.29, 1.82) is 0 Å². The van der Waals surface area contributed by atoms with Crippen LogP contribution in [0.4, 0.5) is 0 Å². The molecule has 0 N–H and O–H groups in total. The maximum atomic E-state index is 12.5. The van der Waals surface area contributed by atoms with E-state index in [1.807, 2.05) is 0 Å². The predicted molar refractivity (Wildman–Crippen MR) is 76.1 cm³/mol. The van der Waals surface area contributed by atoms with Crippen LogP contribution in [-0.2, 0) is 16.6 Å². The van der Waals surface area contributed by atoms with Crippen LogP contribution in [0.1, 0.15) is 30.3 Å². The second-order valence-corrected chi connectivity index (χ2v) is 5.40. The zero-order valence-corrected chi connectivity index (χ0v) is 12.9. The lowest BCUT2D eigenvalue weighted by Gasteiger charge is -2.23. The first-order chi connectivity index (χ1) is 9.47. The Morgan fingerprint density at radius 2 is 2.15 bits per heavy atom. The van der Waals surface area contributed by atoms with Crippen molar-refractivity contribution in [2.45, 2.75) is 25.8 Å². The number of amides is 1. The number of nitrogens with zero attached hydrogens (tertiary/aromatic N) is 2. The van der Waals surface area contributed by atoms with Crippen LogP contribution in [0.3, 0.4) is 0 Å². The summed E-state index contributed by atoms with van der Waals surface area (Å²) in [7, 11) is 1.66. The van der Waals surface area contributed by atoms with Gasteiger partial charge in [0.05, 0.1) is 11.6 Å². The third-order valence-electron chi connectivity index (χ3n) is 3.41. The summed E-state index contributed by atoms with van der Waals surface area (Å²) in [5.41, 5.74) is 0.371. The molecule has 1 amide bonds. The number of rotatable bonds is 3. The summed E-state index contributed by atoms with van der Waals surface area (Å²) in [4.78, 5) is 25.9. The van der Waals surface area contributed by atoms with E-state index in [2.05, 4.69) is 0 Å². The highest BCUT2D eigenvalue weighted by Gasteiger charge is 2.36. The lowest BCUT2D eigenvalue weighted by Crippen LogP contribution is -2.42. The quantitative estimate of drug-likeness (QED) is 0.805. The highest BCUT2D eigenvalue weighted by atomic mass is 35.5. The van der Waals surface area contributed by atoms with E-state index in [-0.39, 0.29) is 11.9 Å². The molecular formula is C13H16Cl2N2O3. The molecule has 0 spiro atoms. The number of halogens is 2. The number of hydrogen-bond acceptors (Lipinski definition) is 3. The van der Waals surface area contributed by atoms with Crippen molar-refractivity contribution < 1.29 is 14.3 Å². The molecule has 1 unspecified atom stereocenters. The first-order valence-electron chi connectivity index (χ1n) is 6.45. The highest BCUT2D eigenvalue weighted by Crippen LogP contribution is 2.28. The van der Waals surface area contributed by atoms with Gasteiger partial charge in [0.1, 0.15) is 16.9 Å². The molecule has 1 aliphatic heterocycles. The summed E-state index contributed by atoms with van der Waals surface area (Å²) in [5.74, 6) is -0.610. The van der Waals surface area contributed by atoms with Gasteiger partial charge in [0.25, 0.3) is 5.91 Å². The Kier molecular flexibility index (Phi) is 4.60. The maximum absolute atomic E-state index is 12.5. The molecule has 2 rings (SSSR count). The van der Waals surface area contributed by atoms with Gasteiger partial charge < -0.3 is 14.2 Å². The molecule has 0 aromatic carbocycles. The van der Waals surface area contributed by atoms with Crippen LogP contribution in [0.15, 0.2) is 6.07 Å². The monoisotopic (exact) mass is 318 g/mol. The molecule has 5 nitrogen and oxygen atoms in total. The third-order valence-corrected chi connectivity index (χ3v) is 4.25. The Morgan fingerprint density at radius 3 is 2.70 bits per heavy atom. The van der Waals surface area contributed by atoms with Crippen molar-refractivity contribution >= 4 is 35.1 Å². The van der Waals surface area contributed by atoms with Crippen LogP contribution in [0, 0.1) is 0 Å². The molecular weight excluding hydrogens is 303 g/mol. The maximum Gasteiger partial charge on any atom is 0.328 e. The molecule has 1 aromatic heterocycles. The van der Waals surface area contributed by atoms with Crippen LogP contribution < -0.4 is 0 Å². The minimum absolute atomic E-state index is 0.253. The summed E-state index contributed by atoms with van der Waals surface area (Å²) >= 11 is 11.9. The van der Waals surface area contributed by atoms with Gasteiger partial charge in [0, 0.05) is 13.6 Å². The Morgan fingerprint density at radius 1 is 1.45 bits per heavy atom. The number of ether oxygens (including phenoxy) is 1. The lowest BCUT2D eigenvalue weighted by molar-refractivity contribution is -0.147. The molecule has 1 aromatic rings. The van der Waals surface area contributed by atoms with Crippen molar-refractivity contribution in [2.24, 2.45) is 7.05 Å². The Hall–Kier alpha value is -1.20. The standard InChI is InChI=1S/C13H16Cl2N2O3/c1-3-20-13(19)9-5-4-6-17(9)12(18)10-7-8(14)11(15)16(10)2/h7,9H,3-6H2,1-2H3. The second-order valence-electron chi connectivity index (χ2n) is 4.64. The lowest BCUT2D eigenvalue weighted by atomic mass is 10.2. The zero-order valence-electron chi connectivity index (χ0n) is 11.4. The number of carbonyl (C=O) groups is 2. The van der Waals surface area contributed by atoms with Crippen molar-refractivity contribution in [3.8, 4) is 0 Å². The van der Waals surface area contributed by atoms with Gasteiger partial charge in [0.2, 0.25) is 0 Å². The van der Waals surface area contributed by atoms with Crippen LogP contribution >= 0.6 is 23.2 Å². The molecule has 1 atom stereocenters. The van der Waals surface area contributed by atoms with Gasteiger partial charge in [-0.05, 0) is 25.8 Å². The van der Waals surface area contributed by atoms with Crippen molar-refractivity contribution in [2.75, 3.05) is 13.2 Å². The fraction of sp³-hybridized carbons (Fsp3) is 0.538. The summed E-state index contributed by atoms with van der Waals surface area (Å²) in [6, 6.07) is 1.00. The van der Waals surface area contributed by atoms with Crippen molar-refractivity contribution in [3.63, 3.8) is 0 Å². The molecule has 0 saturated carbocycles. The largest absolute Gasteiger partial charge is 0.464 e. The Labute approximate surface area is 127 Å². The van der Waals surface area contributed by atoms with E-state index in [9.17, 15) is 9.59 Å². The molecule has 20 heavy (non-hydrogen) atoms. The fourth-order valence-corrected chi connectivity index (χ4v) is 2.76. The molecule has 110 valence electrons. The number of aromatic nitrogens is 1. The minimum atomic E-state index is -0.519. The summed E-state index contributed by atoms with van der Waals surface area (Å²) < 4.78 is 6.53. The fourth-order valence-electron chi connectivity index (χ4n) is 2.39. The molecule has 1 fully saturated rings. The zero-order chi connectivity index (χ0) is 14.9. The van der Waals surface area contributed by atoms with Crippen molar-refractivity contribution in [3.05, 3.63) is 21.9 Å². The van der Waals surface area contributed by atoms with Gasteiger partial charge in [-0.25, -0.2) is 4.79 Å². The Balaban J connectivity index is 2.23. The van der Waals surface area contributed by atoms with Gasteiger partial charge >= 0.3 is 5.97 Å². The predicted octanol–water partition coefficient (Wildman–Crippen LogP) is 2.50. The second kappa shape index (κ2) is 6.06. The summed E-state index contributed by atoms with van der Waals surface area (Å²) in [5, 5.41) is 0.631. The molecule has 0 aliphatic carbocycles. The van der Waals surface area contributed by atoms with E-state index in [1.165, 1.54) is 15.5 Å². The molecule has 1 saturated heterocycles. The SMILES string of the molecule is CCOC(=O)C1CCCN1C(=O)c1cc(Cl)c(Cl)n1C.